The van der Waals surface area contributed by atoms with Crippen LogP contribution in [0.1, 0.15) is 38.5 Å². The molecule has 0 bridgehead atoms. The maximum Gasteiger partial charge on any atom is 0.314 e. The van der Waals surface area contributed by atoms with Gasteiger partial charge in [-0.15, -0.1) is 0 Å². The van der Waals surface area contributed by atoms with E-state index in [1.54, 1.807) is 28.4 Å². The lowest BCUT2D eigenvalue weighted by molar-refractivity contribution is -0.0304. The normalized spacial score (nSPS) is 12.7. The molecule has 0 aliphatic heterocycles. The van der Waals surface area contributed by atoms with Gasteiger partial charge in [-0.3, -0.25) is 0 Å². The van der Waals surface area contributed by atoms with Crippen molar-refractivity contribution in [3.8, 4) is 0 Å². The molecule has 0 heterocycles. The minimum absolute atomic E-state index is 0.0724. The van der Waals surface area contributed by atoms with Gasteiger partial charge in [0.25, 0.3) is 0 Å². The molecule has 0 saturated heterocycles. The van der Waals surface area contributed by atoms with Gasteiger partial charge in [-0.2, -0.15) is 0 Å². The molecule has 0 aromatic carbocycles. The smallest absolute Gasteiger partial charge is 0.314 e. The van der Waals surface area contributed by atoms with E-state index in [-0.39, 0.29) is 24.3 Å². The van der Waals surface area contributed by atoms with Gasteiger partial charge < -0.3 is 49.7 Å². The molecule has 0 saturated carbocycles. The molecule has 12 heteroatoms. The molecule has 0 fully saturated rings. The molecule has 2 unspecified atom stereocenters. The van der Waals surface area contributed by atoms with E-state index < -0.39 is 0 Å². The highest BCUT2D eigenvalue weighted by Gasteiger charge is 2.07. The fourth-order valence-electron chi connectivity index (χ4n) is 3.05. The van der Waals surface area contributed by atoms with Gasteiger partial charge in [0.2, 0.25) is 0 Å². The van der Waals surface area contributed by atoms with Gasteiger partial charge in [-0.1, -0.05) is 12.8 Å². The van der Waals surface area contributed by atoms with Gasteiger partial charge in [-0.25, -0.2) is 9.59 Å². The van der Waals surface area contributed by atoms with Crippen LogP contribution in [0.3, 0.4) is 0 Å². The van der Waals surface area contributed by atoms with Crippen molar-refractivity contribution in [2.45, 2.75) is 50.7 Å². The molecular weight excluding hydrogens is 472 g/mol. The SMILES string of the molecule is COCC(COCCCNC(=O)NCCCCCCNC(=O)NCCCOCC(COC)OC)OC. The van der Waals surface area contributed by atoms with Crippen LogP contribution >= 0.6 is 0 Å². The predicted molar refractivity (Wildman–Crippen MR) is 137 cm³/mol. The zero-order valence-corrected chi connectivity index (χ0v) is 22.7. The molecule has 0 aromatic heterocycles. The van der Waals surface area contributed by atoms with Crippen LogP contribution in [0.15, 0.2) is 0 Å². The summed E-state index contributed by atoms with van der Waals surface area (Å²) >= 11 is 0. The molecule has 0 aliphatic carbocycles. The summed E-state index contributed by atoms with van der Waals surface area (Å²) in [5, 5.41) is 11.3. The summed E-state index contributed by atoms with van der Waals surface area (Å²) in [6.45, 7) is 5.39. The Bertz CT molecular complexity index is 473. The van der Waals surface area contributed by atoms with Crippen molar-refractivity contribution in [3.05, 3.63) is 0 Å². The van der Waals surface area contributed by atoms with Gasteiger partial charge in [0.1, 0.15) is 12.2 Å². The minimum atomic E-state index is -0.165. The number of unbranched alkanes of at least 4 members (excludes halogenated alkanes) is 3. The van der Waals surface area contributed by atoms with Crippen LogP contribution in [-0.4, -0.2) is 119 Å². The molecule has 214 valence electrons. The average Bonchev–Trinajstić information content (AvgIpc) is 2.88. The second-order valence-electron chi connectivity index (χ2n) is 8.26. The van der Waals surface area contributed by atoms with E-state index in [4.69, 9.17) is 28.4 Å². The Labute approximate surface area is 216 Å². The summed E-state index contributed by atoms with van der Waals surface area (Å²) in [5.41, 5.74) is 0. The molecule has 36 heavy (non-hydrogen) atoms. The summed E-state index contributed by atoms with van der Waals surface area (Å²) in [6, 6.07) is -0.331. The van der Waals surface area contributed by atoms with Crippen LogP contribution in [0.2, 0.25) is 0 Å². The Balaban J connectivity index is 3.40. The number of methoxy groups -OCH3 is 4. The van der Waals surface area contributed by atoms with E-state index in [1.165, 1.54) is 0 Å². The number of ether oxygens (including phenoxy) is 6. The summed E-state index contributed by atoms with van der Waals surface area (Å²) < 4.78 is 31.5. The molecule has 0 radical (unpaired) electrons. The largest absolute Gasteiger partial charge is 0.382 e. The number of carbonyl (C=O) groups excluding carboxylic acids is 2. The van der Waals surface area contributed by atoms with Crippen molar-refractivity contribution in [1.82, 2.24) is 21.3 Å². The number of nitrogens with one attached hydrogen (secondary N) is 4. The lowest BCUT2D eigenvalue weighted by Gasteiger charge is -2.14. The second kappa shape index (κ2) is 26.4. The van der Waals surface area contributed by atoms with Crippen molar-refractivity contribution in [3.63, 3.8) is 0 Å². The summed E-state index contributed by atoms with van der Waals surface area (Å²) in [5.74, 6) is 0. The summed E-state index contributed by atoms with van der Waals surface area (Å²) in [6.07, 6.45) is 5.09. The molecule has 0 rings (SSSR count). The highest BCUT2D eigenvalue weighted by molar-refractivity contribution is 5.74. The van der Waals surface area contributed by atoms with Crippen LogP contribution in [0.4, 0.5) is 9.59 Å². The Morgan fingerprint density at radius 3 is 1.22 bits per heavy atom. The van der Waals surface area contributed by atoms with Crippen LogP contribution in [-0.2, 0) is 28.4 Å². The van der Waals surface area contributed by atoms with Crippen molar-refractivity contribution in [2.24, 2.45) is 0 Å². The van der Waals surface area contributed by atoms with Gasteiger partial charge >= 0.3 is 12.1 Å². The van der Waals surface area contributed by atoms with E-state index in [1.807, 2.05) is 0 Å². The van der Waals surface area contributed by atoms with Crippen LogP contribution in [0.25, 0.3) is 0 Å². The Hall–Kier alpha value is -1.70. The van der Waals surface area contributed by atoms with Gasteiger partial charge in [-0.05, 0) is 25.7 Å². The number of hydrogen-bond donors (Lipinski definition) is 4. The number of carbonyl (C=O) groups is 2. The van der Waals surface area contributed by atoms with Crippen molar-refractivity contribution in [2.75, 3.05) is 94.3 Å². The third-order valence-electron chi connectivity index (χ3n) is 5.16. The minimum Gasteiger partial charge on any atom is -0.382 e. The van der Waals surface area contributed by atoms with Gasteiger partial charge in [0, 0.05) is 67.8 Å². The molecular formula is C24H50N4O8. The fraction of sp³-hybridized carbons (Fsp3) is 0.917. The number of amides is 4. The third-order valence-corrected chi connectivity index (χ3v) is 5.16. The van der Waals surface area contributed by atoms with Crippen LogP contribution < -0.4 is 21.3 Å². The lowest BCUT2D eigenvalue weighted by Crippen LogP contribution is -2.37. The highest BCUT2D eigenvalue weighted by atomic mass is 16.6. The van der Waals surface area contributed by atoms with Gasteiger partial charge in [0.05, 0.1) is 26.4 Å². The second-order valence-corrected chi connectivity index (χ2v) is 8.26. The Morgan fingerprint density at radius 2 is 0.889 bits per heavy atom. The number of hydrogen-bond acceptors (Lipinski definition) is 8. The first-order chi connectivity index (χ1) is 17.6. The standard InChI is InChI=1S/C24H50N4O8/c1-31-17-21(33-3)19-35-15-9-13-27-23(29)25-11-7-5-6-8-12-26-24(30)28-14-10-16-36-20-22(34-4)18-32-2/h21-22H,5-20H2,1-4H3,(H2,25,27,29)(H2,26,28,30). The third kappa shape index (κ3) is 22.7. The molecule has 2 atom stereocenters. The zero-order valence-electron chi connectivity index (χ0n) is 22.7. The lowest BCUT2D eigenvalue weighted by atomic mass is 10.2. The highest BCUT2D eigenvalue weighted by Crippen LogP contribution is 1.98. The van der Waals surface area contributed by atoms with E-state index >= 15 is 0 Å². The molecule has 0 spiro atoms. The predicted octanol–water partition coefficient (Wildman–Crippen LogP) is 1.28. The van der Waals surface area contributed by atoms with E-state index in [2.05, 4.69) is 21.3 Å². The van der Waals surface area contributed by atoms with Crippen molar-refractivity contribution in [1.29, 1.82) is 0 Å². The molecule has 0 aliphatic rings. The van der Waals surface area contributed by atoms with Crippen molar-refractivity contribution < 1.29 is 38.0 Å². The number of rotatable bonds is 25. The number of urea groups is 2. The zero-order chi connectivity index (χ0) is 26.7. The topological polar surface area (TPSA) is 138 Å². The summed E-state index contributed by atoms with van der Waals surface area (Å²) in [7, 11) is 6.50. The molecule has 4 N–H and O–H groups in total. The first-order valence-corrected chi connectivity index (χ1v) is 12.8. The Morgan fingerprint density at radius 1 is 0.528 bits per heavy atom. The van der Waals surface area contributed by atoms with Crippen LogP contribution in [0.5, 0.6) is 0 Å². The fourth-order valence-corrected chi connectivity index (χ4v) is 3.05. The van der Waals surface area contributed by atoms with Crippen LogP contribution in [0, 0.1) is 0 Å². The monoisotopic (exact) mass is 522 g/mol. The average molecular weight is 523 g/mol. The van der Waals surface area contributed by atoms with E-state index in [9.17, 15) is 9.59 Å². The quantitative estimate of drug-likeness (QED) is 0.132. The molecule has 0 aromatic rings. The first-order valence-electron chi connectivity index (χ1n) is 12.8. The van der Waals surface area contributed by atoms with E-state index in [0.717, 1.165) is 38.5 Å². The maximum atomic E-state index is 11.8. The maximum absolute atomic E-state index is 11.8. The van der Waals surface area contributed by atoms with Gasteiger partial charge in [0.15, 0.2) is 0 Å². The summed E-state index contributed by atoms with van der Waals surface area (Å²) in [4.78, 5) is 23.5. The Kier molecular flexibility index (Phi) is 25.1. The van der Waals surface area contributed by atoms with E-state index in [0.29, 0.717) is 65.8 Å². The molecule has 4 amide bonds. The van der Waals surface area contributed by atoms with Crippen molar-refractivity contribution >= 4 is 12.1 Å². The first kappa shape index (κ1) is 34.3. The molecule has 12 nitrogen and oxygen atoms in total.